The van der Waals surface area contributed by atoms with Crippen LogP contribution in [0.5, 0.6) is 5.75 Å². The fraction of sp³-hybridized carbons (Fsp3) is 0.379. The van der Waals surface area contributed by atoms with Crippen molar-refractivity contribution in [1.29, 1.82) is 0 Å². The van der Waals surface area contributed by atoms with Crippen molar-refractivity contribution in [3.8, 4) is 5.75 Å². The summed E-state index contributed by atoms with van der Waals surface area (Å²) in [6.45, 7) is 5.75. The highest BCUT2D eigenvalue weighted by molar-refractivity contribution is 6.10. The number of carboxylic acids is 1. The number of ether oxygens (including phenoxy) is 1. The lowest BCUT2D eigenvalue weighted by atomic mass is 9.99. The number of piperazine rings is 1. The monoisotopic (exact) mass is 528 g/mol. The number of carboxylic acid groups (broad SMARTS) is 1. The number of benzene rings is 1. The third kappa shape index (κ3) is 5.37. The first-order chi connectivity index (χ1) is 19.0. The molecule has 2 saturated heterocycles. The Morgan fingerprint density at radius 1 is 1.03 bits per heavy atom. The standard InChI is InChI=1S/C29H32N6O4/c36-26(35-11-1-2-20(17-35)19-39-22-5-3-21(4-6-22)29(37)38)18-33-12-14-34(15-13-33)25-8-10-30-24-16-32-28-23(27(24)25)7-9-31-28/h3-10,16,20H,1-2,11-15,17-19H2,(H,31,32)(H,37,38). The van der Waals surface area contributed by atoms with Crippen LogP contribution in [0.4, 0.5) is 5.69 Å². The lowest BCUT2D eigenvalue weighted by Gasteiger charge is -2.38. The minimum absolute atomic E-state index is 0.174. The van der Waals surface area contributed by atoms with Crippen molar-refractivity contribution >= 4 is 39.5 Å². The number of aromatic nitrogens is 3. The van der Waals surface area contributed by atoms with E-state index < -0.39 is 5.97 Å². The Balaban J connectivity index is 1.02. The first kappa shape index (κ1) is 25.1. The molecule has 0 aliphatic carbocycles. The number of piperidine rings is 1. The van der Waals surface area contributed by atoms with Crippen LogP contribution in [0.1, 0.15) is 23.2 Å². The molecule has 1 unspecified atom stereocenters. The van der Waals surface area contributed by atoms with Crippen molar-refractivity contribution in [3.05, 3.63) is 60.6 Å². The van der Waals surface area contributed by atoms with Gasteiger partial charge in [0.15, 0.2) is 0 Å². The van der Waals surface area contributed by atoms with E-state index in [-0.39, 0.29) is 17.4 Å². The molecular weight excluding hydrogens is 496 g/mol. The molecule has 0 radical (unpaired) electrons. The van der Waals surface area contributed by atoms with E-state index in [0.717, 1.165) is 73.2 Å². The smallest absolute Gasteiger partial charge is 0.335 e. The molecule has 3 aromatic heterocycles. The summed E-state index contributed by atoms with van der Waals surface area (Å²) >= 11 is 0. The van der Waals surface area contributed by atoms with E-state index in [1.54, 1.807) is 24.3 Å². The second-order valence-corrected chi connectivity index (χ2v) is 10.3. The molecule has 0 bridgehead atoms. The molecule has 2 aliphatic heterocycles. The van der Waals surface area contributed by atoms with Gasteiger partial charge in [-0.3, -0.25) is 14.7 Å². The van der Waals surface area contributed by atoms with Gasteiger partial charge >= 0.3 is 5.97 Å². The van der Waals surface area contributed by atoms with Crippen molar-refractivity contribution in [2.75, 3.05) is 57.3 Å². The van der Waals surface area contributed by atoms with E-state index in [0.29, 0.717) is 25.4 Å². The van der Waals surface area contributed by atoms with Gasteiger partial charge in [0.1, 0.15) is 11.4 Å². The normalized spacial score (nSPS) is 18.5. The zero-order chi connectivity index (χ0) is 26.8. The largest absolute Gasteiger partial charge is 0.493 e. The maximum atomic E-state index is 13.2. The summed E-state index contributed by atoms with van der Waals surface area (Å²) in [5, 5.41) is 11.2. The molecule has 4 aromatic rings. The maximum Gasteiger partial charge on any atom is 0.335 e. The Morgan fingerprint density at radius 3 is 2.64 bits per heavy atom. The van der Waals surface area contributed by atoms with E-state index in [1.165, 1.54) is 0 Å². The van der Waals surface area contributed by atoms with Crippen molar-refractivity contribution in [2.45, 2.75) is 12.8 Å². The second kappa shape index (κ2) is 10.9. The van der Waals surface area contributed by atoms with Crippen LogP contribution in [0.3, 0.4) is 0 Å². The molecule has 10 nitrogen and oxygen atoms in total. The number of likely N-dealkylation sites (tertiary alicyclic amines) is 1. The van der Waals surface area contributed by atoms with Gasteiger partial charge in [-0.15, -0.1) is 0 Å². The number of anilines is 1. The molecule has 2 aliphatic rings. The van der Waals surface area contributed by atoms with Crippen LogP contribution in [-0.4, -0.2) is 94.2 Å². The second-order valence-electron chi connectivity index (χ2n) is 10.3. The summed E-state index contributed by atoms with van der Waals surface area (Å²) in [4.78, 5) is 43.0. The molecule has 6 rings (SSSR count). The van der Waals surface area contributed by atoms with Gasteiger partial charge in [0.2, 0.25) is 5.91 Å². The van der Waals surface area contributed by atoms with Gasteiger partial charge in [0, 0.05) is 74.0 Å². The number of nitrogens with one attached hydrogen (secondary N) is 1. The number of aromatic carboxylic acids is 1. The number of hydrogen-bond donors (Lipinski definition) is 2. The predicted molar refractivity (Wildman–Crippen MR) is 148 cm³/mol. The average Bonchev–Trinajstić information content (AvgIpc) is 3.46. The van der Waals surface area contributed by atoms with Gasteiger partial charge in [-0.05, 0) is 49.2 Å². The van der Waals surface area contributed by atoms with Gasteiger partial charge in [-0.25, -0.2) is 9.78 Å². The molecule has 0 spiro atoms. The summed E-state index contributed by atoms with van der Waals surface area (Å²) in [6, 6.07) is 10.6. The molecule has 1 atom stereocenters. The summed E-state index contributed by atoms with van der Waals surface area (Å²) in [5.41, 5.74) is 3.15. The molecule has 5 heterocycles. The number of aromatic amines is 1. The minimum atomic E-state index is -0.953. The Kier molecular flexibility index (Phi) is 7.02. The Bertz CT molecular complexity index is 1480. The summed E-state index contributed by atoms with van der Waals surface area (Å²) in [5.74, 6) is 0.134. The topological polar surface area (TPSA) is 115 Å². The number of pyridine rings is 2. The Hall–Kier alpha value is -4.18. The van der Waals surface area contributed by atoms with Crippen LogP contribution in [0.2, 0.25) is 0 Å². The zero-order valence-corrected chi connectivity index (χ0v) is 21.8. The van der Waals surface area contributed by atoms with Crippen molar-refractivity contribution in [3.63, 3.8) is 0 Å². The zero-order valence-electron chi connectivity index (χ0n) is 21.8. The lowest BCUT2D eigenvalue weighted by molar-refractivity contribution is -0.134. The van der Waals surface area contributed by atoms with E-state index in [2.05, 4.69) is 36.9 Å². The number of carbonyl (C=O) groups excluding carboxylic acids is 1. The molecule has 10 heteroatoms. The van der Waals surface area contributed by atoms with E-state index in [4.69, 9.17) is 9.84 Å². The van der Waals surface area contributed by atoms with Crippen LogP contribution in [0, 0.1) is 5.92 Å². The number of rotatable bonds is 7. The first-order valence-corrected chi connectivity index (χ1v) is 13.5. The first-order valence-electron chi connectivity index (χ1n) is 13.5. The van der Waals surface area contributed by atoms with Crippen molar-refractivity contribution < 1.29 is 19.4 Å². The lowest BCUT2D eigenvalue weighted by Crippen LogP contribution is -2.51. The van der Waals surface area contributed by atoms with E-state index >= 15 is 0 Å². The number of hydrogen-bond acceptors (Lipinski definition) is 7. The van der Waals surface area contributed by atoms with Gasteiger partial charge in [0.25, 0.3) is 0 Å². The molecule has 1 amide bonds. The molecular formula is C29H32N6O4. The number of amides is 1. The van der Waals surface area contributed by atoms with Gasteiger partial charge in [-0.1, -0.05) is 0 Å². The number of fused-ring (bicyclic) bond motifs is 3. The fourth-order valence-corrected chi connectivity index (χ4v) is 5.67. The van der Waals surface area contributed by atoms with Crippen molar-refractivity contribution in [2.24, 2.45) is 5.92 Å². The van der Waals surface area contributed by atoms with Crippen LogP contribution >= 0.6 is 0 Å². The average molecular weight is 529 g/mol. The third-order valence-electron chi connectivity index (χ3n) is 7.80. The van der Waals surface area contributed by atoms with E-state index in [1.807, 2.05) is 23.5 Å². The highest BCUT2D eigenvalue weighted by Crippen LogP contribution is 2.31. The maximum absolute atomic E-state index is 13.2. The SMILES string of the molecule is O=C(O)c1ccc(OCC2CCCN(C(=O)CN3CCN(c4ccnc5cnc6[nH]ccc6c45)CC3)C2)cc1. The number of nitrogens with zero attached hydrogens (tertiary/aromatic N) is 5. The Labute approximate surface area is 226 Å². The molecule has 2 fully saturated rings. The Morgan fingerprint density at radius 2 is 1.85 bits per heavy atom. The van der Waals surface area contributed by atoms with Crippen LogP contribution in [0.15, 0.2) is 55.0 Å². The molecule has 0 saturated carbocycles. The molecule has 2 N–H and O–H groups in total. The minimum Gasteiger partial charge on any atom is -0.493 e. The predicted octanol–water partition coefficient (Wildman–Crippen LogP) is 3.25. The molecule has 39 heavy (non-hydrogen) atoms. The highest BCUT2D eigenvalue weighted by atomic mass is 16.5. The summed E-state index contributed by atoms with van der Waals surface area (Å²) in [6.07, 6.45) is 7.55. The van der Waals surface area contributed by atoms with E-state index in [9.17, 15) is 9.59 Å². The van der Waals surface area contributed by atoms with Crippen LogP contribution < -0.4 is 9.64 Å². The number of carbonyl (C=O) groups is 2. The molecule has 202 valence electrons. The van der Waals surface area contributed by atoms with Crippen molar-refractivity contribution in [1.82, 2.24) is 24.8 Å². The van der Waals surface area contributed by atoms with Crippen LogP contribution in [-0.2, 0) is 4.79 Å². The fourth-order valence-electron chi connectivity index (χ4n) is 5.67. The number of H-pyrrole nitrogens is 1. The van der Waals surface area contributed by atoms with Gasteiger partial charge < -0.3 is 24.6 Å². The summed E-state index contributed by atoms with van der Waals surface area (Å²) in [7, 11) is 0. The third-order valence-corrected chi connectivity index (χ3v) is 7.80. The highest BCUT2D eigenvalue weighted by Gasteiger charge is 2.27. The summed E-state index contributed by atoms with van der Waals surface area (Å²) < 4.78 is 5.91. The van der Waals surface area contributed by atoms with Gasteiger partial charge in [0.05, 0.1) is 30.4 Å². The van der Waals surface area contributed by atoms with Gasteiger partial charge in [-0.2, -0.15) is 0 Å². The quantitative estimate of drug-likeness (QED) is 0.376. The van der Waals surface area contributed by atoms with Crippen LogP contribution in [0.25, 0.3) is 21.9 Å². The molecule has 1 aromatic carbocycles.